The number of piperidine rings is 1. The van der Waals surface area contributed by atoms with Gasteiger partial charge in [0.15, 0.2) is 5.13 Å². The first-order valence-electron chi connectivity index (χ1n) is 8.98. The average Bonchev–Trinajstić information content (AvgIpc) is 3.02. The number of hydrogen-bond donors (Lipinski definition) is 1. The molecule has 1 aliphatic rings. The molecule has 1 N–H and O–H groups in total. The van der Waals surface area contributed by atoms with Crippen LogP contribution in [0, 0.1) is 16.0 Å². The van der Waals surface area contributed by atoms with Gasteiger partial charge < -0.3 is 15.0 Å². The number of amides is 1. The third kappa shape index (κ3) is 5.06. The average molecular weight is 392 g/mol. The van der Waals surface area contributed by atoms with E-state index in [1.165, 1.54) is 12.1 Å². The Hall–Kier alpha value is -2.42. The van der Waals surface area contributed by atoms with Crippen LogP contribution in [0.25, 0.3) is 10.2 Å². The molecule has 1 saturated heterocycles. The highest BCUT2D eigenvalue weighted by molar-refractivity contribution is 7.22. The number of non-ortho nitro benzene ring substituents is 1. The van der Waals surface area contributed by atoms with Gasteiger partial charge in [-0.2, -0.15) is 0 Å². The molecule has 0 radical (unpaired) electrons. The highest BCUT2D eigenvalue weighted by Gasteiger charge is 2.23. The molecule has 1 aromatic heterocycles. The number of hydrogen-bond acceptors (Lipinski definition) is 7. The lowest BCUT2D eigenvalue weighted by Gasteiger charge is -2.32. The second-order valence-corrected chi connectivity index (χ2v) is 8.73. The highest BCUT2D eigenvalue weighted by Crippen LogP contribution is 2.33. The van der Waals surface area contributed by atoms with Crippen molar-refractivity contribution in [2.24, 2.45) is 5.92 Å². The predicted octanol–water partition coefficient (Wildman–Crippen LogP) is 3.95. The summed E-state index contributed by atoms with van der Waals surface area (Å²) >= 11 is 1.55. The second-order valence-electron chi connectivity index (χ2n) is 7.72. The van der Waals surface area contributed by atoms with E-state index in [9.17, 15) is 14.9 Å². The molecular weight excluding hydrogens is 368 g/mol. The molecule has 0 unspecified atom stereocenters. The first-order chi connectivity index (χ1) is 12.7. The minimum Gasteiger partial charge on any atom is -0.444 e. The van der Waals surface area contributed by atoms with Crippen molar-refractivity contribution < 1.29 is 14.5 Å². The van der Waals surface area contributed by atoms with Crippen molar-refractivity contribution in [3.8, 4) is 0 Å². The number of nitrogens with zero attached hydrogens (tertiary/aromatic N) is 3. The molecule has 146 valence electrons. The summed E-state index contributed by atoms with van der Waals surface area (Å²) in [6.07, 6.45) is 1.52. The Morgan fingerprint density at radius 1 is 1.41 bits per heavy atom. The standard InChI is InChI=1S/C18H24N4O4S/c1-18(2,3)26-17(23)19-11-12-6-8-21(9-7-12)16-20-14-10-13(22(24)25)4-5-15(14)27-16/h4-5,10,12H,6-9,11H2,1-3H3,(H,19,23). The Bertz CT molecular complexity index is 837. The lowest BCUT2D eigenvalue weighted by Crippen LogP contribution is -2.40. The molecule has 9 heteroatoms. The van der Waals surface area contributed by atoms with Crippen LogP contribution in [0.3, 0.4) is 0 Å². The number of anilines is 1. The zero-order valence-electron chi connectivity index (χ0n) is 15.7. The molecule has 0 atom stereocenters. The van der Waals surface area contributed by atoms with Crippen molar-refractivity contribution in [1.82, 2.24) is 10.3 Å². The van der Waals surface area contributed by atoms with Crippen molar-refractivity contribution >= 4 is 38.5 Å². The van der Waals surface area contributed by atoms with E-state index in [4.69, 9.17) is 4.74 Å². The Morgan fingerprint density at radius 3 is 2.74 bits per heavy atom. The minimum atomic E-state index is -0.491. The predicted molar refractivity (Wildman–Crippen MR) is 105 cm³/mol. The molecule has 1 aliphatic heterocycles. The number of carbonyl (C=O) groups excluding carboxylic acids is 1. The number of ether oxygens (including phenoxy) is 1. The van der Waals surface area contributed by atoms with Crippen LogP contribution in [0.5, 0.6) is 0 Å². The van der Waals surface area contributed by atoms with Crippen molar-refractivity contribution in [3.63, 3.8) is 0 Å². The maximum absolute atomic E-state index is 11.8. The van der Waals surface area contributed by atoms with E-state index in [2.05, 4.69) is 15.2 Å². The summed E-state index contributed by atoms with van der Waals surface area (Å²) < 4.78 is 6.21. The quantitative estimate of drug-likeness (QED) is 0.625. The number of carbonyl (C=O) groups is 1. The van der Waals surface area contributed by atoms with Gasteiger partial charge in [0.05, 0.1) is 15.1 Å². The van der Waals surface area contributed by atoms with Gasteiger partial charge in [-0.15, -0.1) is 0 Å². The smallest absolute Gasteiger partial charge is 0.407 e. The van der Waals surface area contributed by atoms with Crippen LogP contribution in [-0.2, 0) is 4.74 Å². The van der Waals surface area contributed by atoms with E-state index in [0.29, 0.717) is 18.0 Å². The van der Waals surface area contributed by atoms with Crippen molar-refractivity contribution in [2.75, 3.05) is 24.5 Å². The molecule has 0 aliphatic carbocycles. The van der Waals surface area contributed by atoms with Crippen molar-refractivity contribution in [3.05, 3.63) is 28.3 Å². The fourth-order valence-electron chi connectivity index (χ4n) is 3.02. The molecule has 1 fully saturated rings. The van der Waals surface area contributed by atoms with E-state index < -0.39 is 10.5 Å². The summed E-state index contributed by atoms with van der Waals surface area (Å²) in [7, 11) is 0. The lowest BCUT2D eigenvalue weighted by atomic mass is 9.97. The van der Waals surface area contributed by atoms with Gasteiger partial charge >= 0.3 is 6.09 Å². The van der Waals surface area contributed by atoms with Crippen LogP contribution in [0.4, 0.5) is 15.6 Å². The summed E-state index contributed by atoms with van der Waals surface area (Å²) in [5, 5.41) is 14.6. The number of nitro groups is 1. The van der Waals surface area contributed by atoms with Gasteiger partial charge in [-0.3, -0.25) is 10.1 Å². The van der Waals surface area contributed by atoms with Crippen LogP contribution in [0.2, 0.25) is 0 Å². The van der Waals surface area contributed by atoms with Crippen LogP contribution < -0.4 is 10.2 Å². The molecule has 0 bridgehead atoms. The molecular formula is C18H24N4O4S. The lowest BCUT2D eigenvalue weighted by molar-refractivity contribution is -0.384. The van der Waals surface area contributed by atoms with Gasteiger partial charge in [-0.25, -0.2) is 9.78 Å². The zero-order chi connectivity index (χ0) is 19.6. The molecule has 2 aromatic rings. The highest BCUT2D eigenvalue weighted by atomic mass is 32.1. The van der Waals surface area contributed by atoms with Gasteiger partial charge in [-0.1, -0.05) is 11.3 Å². The monoisotopic (exact) mass is 392 g/mol. The normalized spacial score (nSPS) is 15.7. The SMILES string of the molecule is CC(C)(C)OC(=O)NCC1CCN(c2nc3cc([N+](=O)[O-])ccc3s2)CC1. The summed E-state index contributed by atoms with van der Waals surface area (Å²) in [5.41, 5.74) is 0.235. The molecule has 27 heavy (non-hydrogen) atoms. The van der Waals surface area contributed by atoms with Gasteiger partial charge in [-0.05, 0) is 45.6 Å². The maximum Gasteiger partial charge on any atom is 0.407 e. The fraction of sp³-hybridized carbons (Fsp3) is 0.556. The molecule has 8 nitrogen and oxygen atoms in total. The molecule has 1 aromatic carbocycles. The first-order valence-corrected chi connectivity index (χ1v) is 9.80. The van der Waals surface area contributed by atoms with Crippen molar-refractivity contribution in [1.29, 1.82) is 0 Å². The van der Waals surface area contributed by atoms with Gasteiger partial charge in [0, 0.05) is 31.8 Å². The summed E-state index contributed by atoms with van der Waals surface area (Å²) in [4.78, 5) is 29.0. The van der Waals surface area contributed by atoms with Crippen LogP contribution in [0.1, 0.15) is 33.6 Å². The number of nitro benzene ring substituents is 1. The Kier molecular flexibility index (Phi) is 5.50. The van der Waals surface area contributed by atoms with Crippen LogP contribution in [-0.4, -0.2) is 41.2 Å². The molecule has 0 spiro atoms. The maximum atomic E-state index is 11.8. The third-order valence-electron chi connectivity index (χ3n) is 4.39. The Labute approximate surface area is 161 Å². The number of alkyl carbamates (subject to hydrolysis) is 1. The van der Waals surface area contributed by atoms with Gasteiger partial charge in [0.1, 0.15) is 5.60 Å². The van der Waals surface area contributed by atoms with E-state index in [1.54, 1.807) is 17.4 Å². The first kappa shape index (κ1) is 19.3. The number of benzene rings is 1. The second kappa shape index (κ2) is 7.67. The largest absolute Gasteiger partial charge is 0.444 e. The van der Waals surface area contributed by atoms with E-state index in [-0.39, 0.29) is 11.8 Å². The van der Waals surface area contributed by atoms with E-state index in [1.807, 2.05) is 20.8 Å². The van der Waals surface area contributed by atoms with Crippen molar-refractivity contribution in [2.45, 2.75) is 39.2 Å². The van der Waals surface area contributed by atoms with Gasteiger partial charge in [0.2, 0.25) is 0 Å². The number of thiazole rings is 1. The molecule has 0 saturated carbocycles. The van der Waals surface area contributed by atoms with Crippen LogP contribution in [0.15, 0.2) is 18.2 Å². The number of nitrogens with one attached hydrogen (secondary N) is 1. The summed E-state index contributed by atoms with van der Waals surface area (Å²) in [5.74, 6) is 0.407. The number of aromatic nitrogens is 1. The van der Waals surface area contributed by atoms with Crippen LogP contribution >= 0.6 is 11.3 Å². The minimum absolute atomic E-state index is 0.0614. The third-order valence-corrected chi connectivity index (χ3v) is 5.49. The molecule has 1 amide bonds. The zero-order valence-corrected chi connectivity index (χ0v) is 16.5. The summed E-state index contributed by atoms with van der Waals surface area (Å²) in [6.45, 7) is 7.84. The van der Waals surface area contributed by atoms with E-state index >= 15 is 0 Å². The molecule has 3 rings (SSSR count). The van der Waals surface area contributed by atoms with E-state index in [0.717, 1.165) is 35.8 Å². The molecule has 2 heterocycles. The number of fused-ring (bicyclic) bond motifs is 1. The Balaban J connectivity index is 1.54. The number of rotatable bonds is 4. The summed E-state index contributed by atoms with van der Waals surface area (Å²) in [6, 6.07) is 4.79. The van der Waals surface area contributed by atoms with Gasteiger partial charge in [0.25, 0.3) is 5.69 Å². The topological polar surface area (TPSA) is 97.6 Å². The fourth-order valence-corrected chi connectivity index (χ4v) is 4.02. The Morgan fingerprint density at radius 2 is 2.11 bits per heavy atom.